The second-order valence-corrected chi connectivity index (χ2v) is 16.4. The molecular formula is C27H39NSi. The van der Waals surface area contributed by atoms with E-state index in [1.54, 1.807) is 5.57 Å². The van der Waals surface area contributed by atoms with Gasteiger partial charge in [0.1, 0.15) is 0 Å². The minimum Gasteiger partial charge on any atom is -0.308 e. The van der Waals surface area contributed by atoms with Crippen LogP contribution in [-0.2, 0) is 6.54 Å². The Balaban J connectivity index is 2.26. The fraction of sp³-hybridized carbons (Fsp3) is 0.481. The third-order valence-corrected chi connectivity index (χ3v) is 13.3. The Morgan fingerprint density at radius 3 is 1.72 bits per heavy atom. The zero-order chi connectivity index (χ0) is 21.4. The van der Waals surface area contributed by atoms with E-state index in [1.165, 1.54) is 11.1 Å². The Morgan fingerprint density at radius 1 is 0.793 bits per heavy atom. The molecule has 0 amide bonds. The van der Waals surface area contributed by atoms with Crippen LogP contribution in [0.5, 0.6) is 0 Å². The highest BCUT2D eigenvalue weighted by Gasteiger charge is 2.61. The van der Waals surface area contributed by atoms with Crippen LogP contribution < -0.4 is 0 Å². The van der Waals surface area contributed by atoms with Gasteiger partial charge in [-0.05, 0) is 32.7 Å². The van der Waals surface area contributed by atoms with Gasteiger partial charge in [0, 0.05) is 12.6 Å². The summed E-state index contributed by atoms with van der Waals surface area (Å²) < 4.78 is 2.95. The number of hydrogen-bond acceptors (Lipinski definition) is 1. The first-order valence-corrected chi connectivity index (χ1v) is 13.1. The van der Waals surface area contributed by atoms with E-state index in [2.05, 4.69) is 126 Å². The van der Waals surface area contributed by atoms with Crippen LogP contribution in [-0.4, -0.2) is 18.8 Å². The lowest BCUT2D eigenvalue weighted by atomic mass is 9.91. The smallest absolute Gasteiger partial charge is 0.165 e. The molecule has 1 unspecified atom stereocenters. The second kappa shape index (κ2) is 7.89. The van der Waals surface area contributed by atoms with Gasteiger partial charge in [0.25, 0.3) is 0 Å². The summed E-state index contributed by atoms with van der Waals surface area (Å²) in [6.07, 6.45) is 0. The lowest BCUT2D eigenvalue weighted by Gasteiger charge is -2.55. The van der Waals surface area contributed by atoms with Crippen molar-refractivity contribution in [1.82, 2.24) is 4.57 Å². The van der Waals surface area contributed by atoms with E-state index in [4.69, 9.17) is 0 Å². The molecule has 156 valence electrons. The molecule has 2 aromatic rings. The maximum absolute atomic E-state index is 2.95. The van der Waals surface area contributed by atoms with E-state index in [-0.39, 0.29) is 10.1 Å². The molecule has 29 heavy (non-hydrogen) atoms. The van der Waals surface area contributed by atoms with E-state index in [0.717, 1.165) is 6.54 Å². The highest BCUT2D eigenvalue weighted by Crippen LogP contribution is 2.59. The van der Waals surface area contributed by atoms with Gasteiger partial charge in [-0.3, -0.25) is 0 Å². The Labute approximate surface area is 179 Å². The van der Waals surface area contributed by atoms with Crippen molar-refractivity contribution in [2.75, 3.05) is 0 Å². The number of nitrogens with zero attached hydrogens (tertiary/aromatic N) is 1. The van der Waals surface area contributed by atoms with Gasteiger partial charge < -0.3 is 4.57 Å². The summed E-state index contributed by atoms with van der Waals surface area (Å²) in [6.45, 7) is 20.7. The first-order chi connectivity index (χ1) is 13.5. The fourth-order valence-electron chi connectivity index (χ4n) is 5.81. The molecule has 2 aromatic carbocycles. The maximum atomic E-state index is 2.95. The lowest BCUT2D eigenvalue weighted by Crippen LogP contribution is -2.63. The predicted octanol–water partition coefficient (Wildman–Crippen LogP) is 7.70. The Kier molecular flexibility index (Phi) is 6.00. The molecule has 0 radical (unpaired) electrons. The molecule has 1 aliphatic rings. The molecule has 1 nitrogen and oxygen atoms in total. The topological polar surface area (TPSA) is 3.24 Å². The van der Waals surface area contributed by atoms with Gasteiger partial charge in [-0.15, -0.1) is 0 Å². The van der Waals surface area contributed by atoms with Crippen molar-refractivity contribution in [2.45, 2.75) is 78.1 Å². The first-order valence-electron chi connectivity index (χ1n) is 11.1. The molecule has 2 heteroatoms. The molecule has 0 bridgehead atoms. The molecule has 0 saturated carbocycles. The fourth-order valence-corrected chi connectivity index (χ4v) is 12.9. The first kappa shape index (κ1) is 22.1. The Morgan fingerprint density at radius 2 is 1.28 bits per heavy atom. The highest BCUT2D eigenvalue weighted by molar-refractivity contribution is 6.88. The van der Waals surface area contributed by atoms with Gasteiger partial charge in [0.05, 0.1) is 0 Å². The van der Waals surface area contributed by atoms with Gasteiger partial charge in [-0.2, -0.15) is 0 Å². The van der Waals surface area contributed by atoms with Crippen molar-refractivity contribution < 1.29 is 0 Å². The monoisotopic (exact) mass is 405 g/mol. The Bertz CT molecular complexity index is 824. The molecular weight excluding hydrogens is 366 g/mol. The number of benzene rings is 2. The van der Waals surface area contributed by atoms with Crippen molar-refractivity contribution in [3.8, 4) is 0 Å². The largest absolute Gasteiger partial charge is 0.308 e. The van der Waals surface area contributed by atoms with Crippen molar-refractivity contribution in [1.29, 1.82) is 0 Å². The molecule has 0 aliphatic carbocycles. The van der Waals surface area contributed by atoms with Crippen LogP contribution in [0, 0.1) is 5.92 Å². The van der Waals surface area contributed by atoms with E-state index >= 15 is 0 Å². The van der Waals surface area contributed by atoms with E-state index in [9.17, 15) is 0 Å². The maximum Gasteiger partial charge on any atom is 0.165 e. The molecule has 0 N–H and O–H groups in total. The Hall–Kier alpha value is -1.64. The average molecular weight is 406 g/mol. The molecule has 1 heterocycles. The zero-order valence-corrected chi connectivity index (χ0v) is 20.7. The van der Waals surface area contributed by atoms with Gasteiger partial charge in [0.15, 0.2) is 8.24 Å². The van der Waals surface area contributed by atoms with E-state index < -0.39 is 8.24 Å². The molecule has 1 aliphatic heterocycles. The molecule has 0 spiro atoms. The summed E-state index contributed by atoms with van der Waals surface area (Å²) in [5.41, 5.74) is 7.14. The summed E-state index contributed by atoms with van der Waals surface area (Å²) in [4.78, 5) is 0. The van der Waals surface area contributed by atoms with Gasteiger partial charge >= 0.3 is 0 Å². The summed E-state index contributed by atoms with van der Waals surface area (Å²) in [6, 6.07) is 22.6. The van der Waals surface area contributed by atoms with Gasteiger partial charge in [-0.1, -0.05) is 122 Å². The minimum atomic E-state index is -2.05. The molecule has 0 saturated heterocycles. The van der Waals surface area contributed by atoms with E-state index in [1.807, 2.05) is 0 Å². The molecule has 3 rings (SSSR count). The van der Waals surface area contributed by atoms with Crippen LogP contribution in [0.25, 0.3) is 5.57 Å². The highest BCUT2D eigenvalue weighted by atomic mass is 28.3. The van der Waals surface area contributed by atoms with Crippen LogP contribution in [0.2, 0.25) is 10.1 Å². The summed E-state index contributed by atoms with van der Waals surface area (Å²) in [7, 11) is -2.05. The molecule has 0 aromatic heterocycles. The molecule has 1 atom stereocenters. The van der Waals surface area contributed by atoms with Crippen molar-refractivity contribution in [3.05, 3.63) is 77.5 Å². The quantitative estimate of drug-likeness (QED) is 0.471. The van der Waals surface area contributed by atoms with Gasteiger partial charge in [-0.25, -0.2) is 0 Å². The number of rotatable bonds is 4. The van der Waals surface area contributed by atoms with Crippen LogP contribution in [0.15, 0.2) is 66.4 Å². The molecule has 0 fully saturated rings. The third-order valence-electron chi connectivity index (χ3n) is 6.69. The average Bonchev–Trinajstić information content (AvgIpc) is 2.99. The van der Waals surface area contributed by atoms with Crippen molar-refractivity contribution in [2.24, 2.45) is 5.92 Å². The third kappa shape index (κ3) is 3.90. The summed E-state index contributed by atoms with van der Waals surface area (Å²) in [5.74, 6) is 0.559. The van der Waals surface area contributed by atoms with Crippen LogP contribution in [0.4, 0.5) is 0 Å². The number of hydrogen-bond donors (Lipinski definition) is 0. The van der Waals surface area contributed by atoms with Crippen LogP contribution in [0.1, 0.15) is 66.5 Å². The predicted molar refractivity (Wildman–Crippen MR) is 130 cm³/mol. The van der Waals surface area contributed by atoms with Crippen molar-refractivity contribution >= 4 is 13.8 Å². The second-order valence-electron chi connectivity index (χ2n) is 11.0. The SMILES string of the molecule is CC(C)C1C(c2ccccc2)=C[Si](C(C)(C)C)(C(C)(C)C)N1Cc1ccccc1. The van der Waals surface area contributed by atoms with Crippen LogP contribution in [0.3, 0.4) is 0 Å². The van der Waals surface area contributed by atoms with Gasteiger partial charge in [0.2, 0.25) is 0 Å². The normalized spacial score (nSPS) is 20.2. The zero-order valence-electron chi connectivity index (χ0n) is 19.7. The summed E-state index contributed by atoms with van der Waals surface area (Å²) >= 11 is 0. The van der Waals surface area contributed by atoms with E-state index in [0.29, 0.717) is 12.0 Å². The minimum absolute atomic E-state index is 0.226. The lowest BCUT2D eigenvalue weighted by molar-refractivity contribution is 0.284. The van der Waals surface area contributed by atoms with Crippen molar-refractivity contribution in [3.63, 3.8) is 0 Å². The standard InChI is InChI=1S/C27H39NSi/c1-21(2)25-24(23-17-13-10-14-18-23)20-29(26(3,4)5,27(6,7)8)28(25)19-22-15-11-9-12-16-22/h9-18,20-21,25H,19H2,1-8H3. The van der Waals surface area contributed by atoms with Crippen LogP contribution >= 0.6 is 0 Å². The summed E-state index contributed by atoms with van der Waals surface area (Å²) in [5, 5.41) is 0.452.